The van der Waals surface area contributed by atoms with Crippen molar-refractivity contribution in [2.45, 2.75) is 46.0 Å². The van der Waals surface area contributed by atoms with Crippen molar-refractivity contribution in [2.24, 2.45) is 35.3 Å². The quantitative estimate of drug-likeness (QED) is 0.736. The molecule has 1 nitrogen and oxygen atoms in total. The molecule has 0 heterocycles. The molecule has 0 saturated heterocycles. The van der Waals surface area contributed by atoms with E-state index in [2.05, 4.69) is 13.8 Å². The van der Waals surface area contributed by atoms with E-state index >= 15 is 0 Å². The van der Waals surface area contributed by atoms with Crippen molar-refractivity contribution in [3.05, 3.63) is 0 Å². The third-order valence-electron chi connectivity index (χ3n) is 4.64. The molecule has 0 aromatic rings. The van der Waals surface area contributed by atoms with Crippen molar-refractivity contribution in [3.8, 4) is 0 Å². The van der Waals surface area contributed by atoms with Crippen LogP contribution >= 0.6 is 0 Å². The van der Waals surface area contributed by atoms with Crippen LogP contribution in [0.2, 0.25) is 0 Å². The van der Waals surface area contributed by atoms with Crippen LogP contribution in [0.25, 0.3) is 0 Å². The SMILES string of the molecule is CC(C)C1CCC(C2CC2CN)CC1. The molecule has 2 saturated carbocycles. The third-order valence-corrected chi connectivity index (χ3v) is 4.64. The van der Waals surface area contributed by atoms with Crippen LogP contribution in [0.4, 0.5) is 0 Å². The molecule has 0 aromatic heterocycles. The summed E-state index contributed by atoms with van der Waals surface area (Å²) in [5.74, 6) is 4.88. The molecule has 0 amide bonds. The lowest BCUT2D eigenvalue weighted by Gasteiger charge is -2.31. The first kappa shape index (κ1) is 10.5. The highest BCUT2D eigenvalue weighted by Gasteiger charge is 2.42. The van der Waals surface area contributed by atoms with Crippen molar-refractivity contribution in [2.75, 3.05) is 6.54 Å². The van der Waals surface area contributed by atoms with E-state index in [1.807, 2.05) is 0 Å². The van der Waals surface area contributed by atoms with Crippen molar-refractivity contribution in [1.82, 2.24) is 0 Å². The minimum absolute atomic E-state index is 0.899. The van der Waals surface area contributed by atoms with E-state index in [0.29, 0.717) is 0 Å². The van der Waals surface area contributed by atoms with Crippen LogP contribution in [0, 0.1) is 29.6 Å². The van der Waals surface area contributed by atoms with E-state index in [4.69, 9.17) is 5.73 Å². The fourth-order valence-electron chi connectivity index (χ4n) is 3.36. The van der Waals surface area contributed by atoms with Crippen molar-refractivity contribution >= 4 is 0 Å². The molecule has 2 aliphatic carbocycles. The van der Waals surface area contributed by atoms with Gasteiger partial charge in [-0.1, -0.05) is 13.8 Å². The number of nitrogens with two attached hydrogens (primary N) is 1. The highest BCUT2D eigenvalue weighted by molar-refractivity contribution is 4.93. The molecule has 2 atom stereocenters. The maximum absolute atomic E-state index is 5.71. The summed E-state index contributed by atoms with van der Waals surface area (Å²) in [6.07, 6.45) is 7.38. The summed E-state index contributed by atoms with van der Waals surface area (Å²) in [4.78, 5) is 0. The van der Waals surface area contributed by atoms with Crippen molar-refractivity contribution < 1.29 is 0 Å². The first-order valence-electron chi connectivity index (χ1n) is 6.42. The molecule has 14 heavy (non-hydrogen) atoms. The Balaban J connectivity index is 1.74. The van der Waals surface area contributed by atoms with Gasteiger partial charge in [-0.25, -0.2) is 0 Å². The maximum atomic E-state index is 5.71. The van der Waals surface area contributed by atoms with E-state index in [1.54, 1.807) is 0 Å². The Bertz CT molecular complexity index is 180. The number of rotatable bonds is 3. The molecule has 0 bridgehead atoms. The van der Waals surface area contributed by atoms with Crippen LogP contribution in [0.15, 0.2) is 0 Å². The summed E-state index contributed by atoms with van der Waals surface area (Å²) in [5, 5.41) is 0. The zero-order chi connectivity index (χ0) is 10.1. The Labute approximate surface area is 88.4 Å². The van der Waals surface area contributed by atoms with Crippen LogP contribution in [-0.2, 0) is 0 Å². The van der Waals surface area contributed by atoms with Gasteiger partial charge in [-0.3, -0.25) is 0 Å². The first-order chi connectivity index (χ1) is 6.72. The summed E-state index contributed by atoms with van der Waals surface area (Å²) >= 11 is 0. The van der Waals surface area contributed by atoms with Gasteiger partial charge < -0.3 is 5.73 Å². The van der Waals surface area contributed by atoms with Crippen LogP contribution in [0.3, 0.4) is 0 Å². The molecule has 0 radical (unpaired) electrons. The second kappa shape index (κ2) is 4.22. The summed E-state index contributed by atoms with van der Waals surface area (Å²) in [6, 6.07) is 0. The normalized spacial score (nSPS) is 42.9. The third kappa shape index (κ3) is 2.13. The van der Waals surface area contributed by atoms with Gasteiger partial charge in [-0.05, 0) is 68.2 Å². The van der Waals surface area contributed by atoms with Crippen LogP contribution < -0.4 is 5.73 Å². The van der Waals surface area contributed by atoms with Gasteiger partial charge in [0.15, 0.2) is 0 Å². The van der Waals surface area contributed by atoms with Gasteiger partial charge in [0, 0.05) is 0 Å². The minimum atomic E-state index is 0.899. The highest BCUT2D eigenvalue weighted by atomic mass is 14.6. The van der Waals surface area contributed by atoms with Crippen LogP contribution in [0.5, 0.6) is 0 Å². The topological polar surface area (TPSA) is 26.0 Å². The van der Waals surface area contributed by atoms with Gasteiger partial charge in [0.2, 0.25) is 0 Å². The van der Waals surface area contributed by atoms with Gasteiger partial charge in [-0.2, -0.15) is 0 Å². The summed E-state index contributed by atoms with van der Waals surface area (Å²) in [6.45, 7) is 5.70. The molecule has 82 valence electrons. The van der Waals surface area contributed by atoms with Gasteiger partial charge in [0.1, 0.15) is 0 Å². The summed E-state index contributed by atoms with van der Waals surface area (Å²) in [7, 11) is 0. The average molecular weight is 195 g/mol. The van der Waals surface area contributed by atoms with Gasteiger partial charge in [0.05, 0.1) is 0 Å². The van der Waals surface area contributed by atoms with Crippen LogP contribution in [0.1, 0.15) is 46.0 Å². The summed E-state index contributed by atoms with van der Waals surface area (Å²) < 4.78 is 0. The molecule has 0 aliphatic heterocycles. The lowest BCUT2D eigenvalue weighted by molar-refractivity contribution is 0.204. The Hall–Kier alpha value is -0.0400. The molecule has 0 aromatic carbocycles. The standard InChI is InChI=1S/C13H25N/c1-9(2)10-3-5-11(6-4-10)13-7-12(13)8-14/h9-13H,3-8,14H2,1-2H3. The monoisotopic (exact) mass is 195 g/mol. The predicted molar refractivity (Wildman–Crippen MR) is 60.9 cm³/mol. The van der Waals surface area contributed by atoms with E-state index < -0.39 is 0 Å². The molecular weight excluding hydrogens is 170 g/mol. The lowest BCUT2D eigenvalue weighted by atomic mass is 9.75. The molecule has 2 aliphatic rings. The molecular formula is C13H25N. The van der Waals surface area contributed by atoms with E-state index in [9.17, 15) is 0 Å². The molecule has 0 spiro atoms. The second-order valence-electron chi connectivity index (χ2n) is 5.81. The van der Waals surface area contributed by atoms with Gasteiger partial charge in [0.25, 0.3) is 0 Å². The molecule has 2 rings (SSSR count). The van der Waals surface area contributed by atoms with Gasteiger partial charge >= 0.3 is 0 Å². The van der Waals surface area contributed by atoms with Crippen molar-refractivity contribution in [1.29, 1.82) is 0 Å². The Morgan fingerprint density at radius 3 is 2.21 bits per heavy atom. The number of hydrogen-bond donors (Lipinski definition) is 1. The molecule has 2 unspecified atom stereocenters. The smallest absolute Gasteiger partial charge is 0.00460 e. The summed E-state index contributed by atoms with van der Waals surface area (Å²) in [5.41, 5.74) is 5.71. The van der Waals surface area contributed by atoms with E-state index in [-0.39, 0.29) is 0 Å². The highest BCUT2D eigenvalue weighted by Crippen LogP contribution is 2.50. The largest absolute Gasteiger partial charge is 0.330 e. The van der Waals surface area contributed by atoms with Crippen LogP contribution in [-0.4, -0.2) is 6.54 Å². The van der Waals surface area contributed by atoms with Crippen molar-refractivity contribution in [3.63, 3.8) is 0 Å². The van der Waals surface area contributed by atoms with E-state index in [0.717, 1.165) is 36.1 Å². The average Bonchev–Trinajstić information content (AvgIpc) is 2.97. The maximum Gasteiger partial charge on any atom is -0.00460 e. The Morgan fingerprint density at radius 1 is 1.14 bits per heavy atom. The zero-order valence-corrected chi connectivity index (χ0v) is 9.71. The Kier molecular flexibility index (Phi) is 3.16. The molecule has 2 fully saturated rings. The number of hydrogen-bond acceptors (Lipinski definition) is 1. The zero-order valence-electron chi connectivity index (χ0n) is 9.71. The van der Waals surface area contributed by atoms with Gasteiger partial charge in [-0.15, -0.1) is 0 Å². The first-order valence-corrected chi connectivity index (χ1v) is 6.42. The molecule has 2 N–H and O–H groups in total. The Morgan fingerprint density at radius 2 is 1.79 bits per heavy atom. The fourth-order valence-corrected chi connectivity index (χ4v) is 3.36. The fraction of sp³-hybridized carbons (Fsp3) is 1.00. The predicted octanol–water partition coefficient (Wildman–Crippen LogP) is 3.04. The van der Waals surface area contributed by atoms with E-state index in [1.165, 1.54) is 32.1 Å². The lowest BCUT2D eigenvalue weighted by Crippen LogP contribution is -2.20. The molecule has 1 heteroatoms. The second-order valence-corrected chi connectivity index (χ2v) is 5.81. The minimum Gasteiger partial charge on any atom is -0.330 e.